The molecule has 0 aromatic carbocycles. The van der Waals surface area contributed by atoms with Gasteiger partial charge >= 0.3 is 0 Å². The molecule has 0 bridgehead atoms. The number of aromatic nitrogens is 1. The topological polar surface area (TPSA) is 48.4 Å². The first-order valence-electron chi connectivity index (χ1n) is 8.08. The molecule has 0 amide bonds. The third-order valence-electron chi connectivity index (χ3n) is 4.15. The van der Waals surface area contributed by atoms with Gasteiger partial charge in [-0.15, -0.1) is 0 Å². The van der Waals surface area contributed by atoms with E-state index in [0.29, 0.717) is 12.6 Å². The average molecular weight is 340 g/mol. The van der Waals surface area contributed by atoms with Crippen LogP contribution in [-0.4, -0.2) is 58.3 Å². The molecule has 6 heteroatoms. The van der Waals surface area contributed by atoms with Crippen LogP contribution in [0.3, 0.4) is 0 Å². The number of rotatable bonds is 4. The molecule has 2 aliphatic heterocycles. The lowest BCUT2D eigenvalue weighted by molar-refractivity contribution is 0.153. The van der Waals surface area contributed by atoms with Crippen LogP contribution in [0.15, 0.2) is 18.3 Å². The molecule has 1 aromatic rings. The van der Waals surface area contributed by atoms with Gasteiger partial charge in [-0.3, -0.25) is 0 Å². The number of thioether (sulfide) groups is 2. The predicted octanol–water partition coefficient (Wildman–Crippen LogP) is 1.98. The van der Waals surface area contributed by atoms with Gasteiger partial charge in [-0.05, 0) is 18.9 Å². The van der Waals surface area contributed by atoms with Gasteiger partial charge in [-0.2, -0.15) is 23.5 Å². The van der Waals surface area contributed by atoms with Crippen molar-refractivity contribution < 1.29 is 5.11 Å². The molecule has 4 nitrogen and oxygen atoms in total. The highest BCUT2D eigenvalue weighted by molar-refractivity contribution is 8.03. The zero-order chi connectivity index (χ0) is 15.2. The number of hydrogen-bond donors (Lipinski definition) is 2. The van der Waals surface area contributed by atoms with Crippen molar-refractivity contribution in [2.45, 2.75) is 31.5 Å². The number of hydrogen-bond acceptors (Lipinski definition) is 6. The van der Waals surface area contributed by atoms with Crippen molar-refractivity contribution in [3.05, 3.63) is 23.9 Å². The second kappa shape index (κ2) is 8.43. The van der Waals surface area contributed by atoms with Crippen molar-refractivity contribution in [2.24, 2.45) is 0 Å². The van der Waals surface area contributed by atoms with Gasteiger partial charge in [0.1, 0.15) is 5.82 Å². The maximum absolute atomic E-state index is 9.91. The molecule has 0 radical (unpaired) electrons. The fourth-order valence-electron chi connectivity index (χ4n) is 2.99. The van der Waals surface area contributed by atoms with Crippen molar-refractivity contribution in [3.63, 3.8) is 0 Å². The maximum Gasteiger partial charge on any atom is 0.133 e. The molecule has 1 unspecified atom stereocenters. The van der Waals surface area contributed by atoms with E-state index in [1.165, 1.54) is 28.6 Å². The van der Waals surface area contributed by atoms with Gasteiger partial charge < -0.3 is 15.3 Å². The Morgan fingerprint density at radius 2 is 2.14 bits per heavy atom. The van der Waals surface area contributed by atoms with Crippen molar-refractivity contribution in [2.75, 3.05) is 41.0 Å². The molecule has 2 saturated heterocycles. The molecule has 1 atom stereocenters. The van der Waals surface area contributed by atoms with Crippen LogP contribution in [-0.2, 0) is 6.54 Å². The maximum atomic E-state index is 9.91. The van der Waals surface area contributed by atoms with Crippen molar-refractivity contribution in [3.8, 4) is 0 Å². The molecule has 3 heterocycles. The Balaban J connectivity index is 1.63. The van der Waals surface area contributed by atoms with Crippen LogP contribution in [0.2, 0.25) is 0 Å². The molecule has 1 aromatic heterocycles. The van der Waals surface area contributed by atoms with Crippen molar-refractivity contribution >= 4 is 29.3 Å². The highest BCUT2D eigenvalue weighted by atomic mass is 32.2. The van der Waals surface area contributed by atoms with Gasteiger partial charge in [0, 0.05) is 60.4 Å². The molecule has 0 aliphatic carbocycles. The number of piperidine rings is 1. The van der Waals surface area contributed by atoms with E-state index in [-0.39, 0.29) is 6.10 Å². The lowest BCUT2D eigenvalue weighted by Gasteiger charge is -2.32. The Kier molecular flexibility index (Phi) is 6.30. The Bertz CT molecular complexity index is 466. The highest BCUT2D eigenvalue weighted by Crippen LogP contribution is 2.22. The molecule has 0 spiro atoms. The number of β-amino-alcohol motifs (C(OH)–C–C–N with tert-alkyl or cyclic N) is 1. The van der Waals surface area contributed by atoms with Crippen LogP contribution < -0.4 is 10.2 Å². The minimum absolute atomic E-state index is 0.216. The monoisotopic (exact) mass is 339 g/mol. The van der Waals surface area contributed by atoms with E-state index >= 15 is 0 Å². The van der Waals surface area contributed by atoms with Crippen LogP contribution in [0, 0.1) is 0 Å². The first-order chi connectivity index (χ1) is 10.8. The summed E-state index contributed by atoms with van der Waals surface area (Å²) in [7, 11) is 0. The highest BCUT2D eigenvalue weighted by Gasteiger charge is 2.21. The fraction of sp³-hybridized carbons (Fsp3) is 0.688. The summed E-state index contributed by atoms with van der Waals surface area (Å²) in [6.07, 6.45) is 3.59. The molecule has 2 N–H and O–H groups in total. The number of aliphatic hydroxyl groups excluding tert-OH is 1. The van der Waals surface area contributed by atoms with Crippen LogP contribution in [0.4, 0.5) is 5.82 Å². The number of nitrogens with one attached hydrogen (secondary N) is 1. The minimum atomic E-state index is -0.216. The molecule has 22 heavy (non-hydrogen) atoms. The zero-order valence-electron chi connectivity index (χ0n) is 12.9. The van der Waals surface area contributed by atoms with E-state index in [2.05, 4.69) is 21.3 Å². The number of anilines is 1. The van der Waals surface area contributed by atoms with Gasteiger partial charge in [0.2, 0.25) is 0 Å². The average Bonchev–Trinajstić information content (AvgIpc) is 2.82. The first-order valence-corrected chi connectivity index (χ1v) is 10.4. The predicted molar refractivity (Wildman–Crippen MR) is 97.0 cm³/mol. The van der Waals surface area contributed by atoms with Gasteiger partial charge in [0.15, 0.2) is 0 Å². The third kappa shape index (κ3) is 4.54. The summed E-state index contributed by atoms with van der Waals surface area (Å²) in [6.45, 7) is 2.57. The van der Waals surface area contributed by atoms with Crippen LogP contribution >= 0.6 is 23.5 Å². The summed E-state index contributed by atoms with van der Waals surface area (Å²) in [4.78, 5) is 6.82. The first kappa shape index (κ1) is 16.4. The van der Waals surface area contributed by atoms with Gasteiger partial charge in [0.25, 0.3) is 0 Å². The van der Waals surface area contributed by atoms with E-state index in [1.807, 2.05) is 35.8 Å². The summed E-state index contributed by atoms with van der Waals surface area (Å²) in [5, 5.41) is 13.6. The Labute approximate surface area is 141 Å². The summed E-state index contributed by atoms with van der Waals surface area (Å²) in [5.74, 6) is 5.98. The molecule has 122 valence electrons. The van der Waals surface area contributed by atoms with E-state index in [4.69, 9.17) is 0 Å². The summed E-state index contributed by atoms with van der Waals surface area (Å²) in [6, 6.07) is 4.75. The lowest BCUT2D eigenvalue weighted by atomic mass is 10.1. The van der Waals surface area contributed by atoms with Crippen molar-refractivity contribution in [1.29, 1.82) is 0 Å². The molecular weight excluding hydrogens is 314 g/mol. The molecule has 0 saturated carbocycles. The molecule has 2 fully saturated rings. The van der Waals surface area contributed by atoms with E-state index in [0.717, 1.165) is 31.7 Å². The van der Waals surface area contributed by atoms with Gasteiger partial charge in [-0.25, -0.2) is 4.98 Å². The summed E-state index contributed by atoms with van der Waals surface area (Å²) in [5.41, 5.74) is 1.25. The standard InChI is InChI=1S/C16H25N3OS2/c20-15-4-2-6-19(10-15)16-13(3-1-5-17-16)9-18-14-11-21-7-8-22-12-14/h1,3,5,14-15,18,20H,2,4,6-12H2. The van der Waals surface area contributed by atoms with E-state index in [1.54, 1.807) is 0 Å². The summed E-state index contributed by atoms with van der Waals surface area (Å²) < 4.78 is 0. The largest absolute Gasteiger partial charge is 0.391 e. The van der Waals surface area contributed by atoms with Crippen LogP contribution in [0.25, 0.3) is 0 Å². The third-order valence-corrected chi connectivity index (χ3v) is 6.67. The van der Waals surface area contributed by atoms with E-state index < -0.39 is 0 Å². The fourth-order valence-corrected chi connectivity index (χ4v) is 5.46. The number of nitrogens with zero attached hydrogens (tertiary/aromatic N) is 2. The molecule has 3 rings (SSSR count). The lowest BCUT2D eigenvalue weighted by Crippen LogP contribution is -2.40. The van der Waals surface area contributed by atoms with E-state index in [9.17, 15) is 5.11 Å². The summed E-state index contributed by atoms with van der Waals surface area (Å²) >= 11 is 4.10. The van der Waals surface area contributed by atoms with Crippen LogP contribution in [0.1, 0.15) is 18.4 Å². The quantitative estimate of drug-likeness (QED) is 0.875. The van der Waals surface area contributed by atoms with Gasteiger partial charge in [-0.1, -0.05) is 6.07 Å². The Morgan fingerprint density at radius 1 is 1.32 bits per heavy atom. The Hall–Kier alpha value is -0.430. The normalized spacial score (nSPS) is 24.2. The van der Waals surface area contributed by atoms with Crippen LogP contribution in [0.5, 0.6) is 0 Å². The zero-order valence-corrected chi connectivity index (χ0v) is 14.5. The SMILES string of the molecule is OC1CCCN(c2ncccc2CNC2CSCCSC2)C1. The number of aliphatic hydroxyl groups is 1. The van der Waals surface area contributed by atoms with Crippen molar-refractivity contribution in [1.82, 2.24) is 10.3 Å². The second-order valence-corrected chi connectivity index (χ2v) is 8.26. The van der Waals surface area contributed by atoms with Gasteiger partial charge in [0.05, 0.1) is 6.10 Å². The minimum Gasteiger partial charge on any atom is -0.391 e. The smallest absolute Gasteiger partial charge is 0.133 e. The molecule has 2 aliphatic rings. The molecular formula is C16H25N3OS2. The second-order valence-electron chi connectivity index (χ2n) is 5.96. The Morgan fingerprint density at radius 3 is 2.91 bits per heavy atom. The number of pyridine rings is 1.